The van der Waals surface area contributed by atoms with Gasteiger partial charge < -0.3 is 10.1 Å². The Balaban J connectivity index is 1.37. The molecule has 2 amide bonds. The number of fused-ring (bicyclic) bond motifs is 1. The molecule has 0 fully saturated rings. The average molecular weight is 483 g/mol. The van der Waals surface area contributed by atoms with E-state index in [1.54, 1.807) is 30.3 Å². The Morgan fingerprint density at radius 2 is 1.94 bits per heavy atom. The zero-order valence-corrected chi connectivity index (χ0v) is 18.1. The SMILES string of the molecule is O=C(NCCc1ccccc1)Nc1n[nH]c2ccc(OCc3ccc(Br)cc3F)cc12. The van der Waals surface area contributed by atoms with E-state index in [1.807, 2.05) is 30.3 Å². The number of aromatic nitrogens is 2. The van der Waals surface area contributed by atoms with Crippen molar-refractivity contribution in [2.24, 2.45) is 0 Å². The van der Waals surface area contributed by atoms with Gasteiger partial charge in [-0.15, -0.1) is 0 Å². The number of rotatable bonds is 7. The van der Waals surface area contributed by atoms with E-state index in [-0.39, 0.29) is 18.5 Å². The first-order chi connectivity index (χ1) is 15.1. The van der Waals surface area contributed by atoms with Crippen LogP contribution in [0, 0.1) is 5.82 Å². The predicted octanol–water partition coefficient (Wildman–Crippen LogP) is 5.41. The summed E-state index contributed by atoms with van der Waals surface area (Å²) in [5.41, 5.74) is 2.35. The van der Waals surface area contributed by atoms with Gasteiger partial charge in [-0.1, -0.05) is 52.3 Å². The van der Waals surface area contributed by atoms with Crippen LogP contribution in [0.2, 0.25) is 0 Å². The van der Waals surface area contributed by atoms with E-state index in [1.165, 1.54) is 6.07 Å². The Labute approximate surface area is 186 Å². The number of amides is 2. The van der Waals surface area contributed by atoms with Crippen LogP contribution in [0.15, 0.2) is 71.2 Å². The van der Waals surface area contributed by atoms with Gasteiger partial charge in [0.1, 0.15) is 18.2 Å². The number of hydrogen-bond acceptors (Lipinski definition) is 3. The maximum Gasteiger partial charge on any atom is 0.320 e. The molecular formula is C23H20BrFN4O2. The second-order valence-electron chi connectivity index (χ2n) is 6.92. The number of nitrogens with zero attached hydrogens (tertiary/aromatic N) is 1. The molecule has 1 heterocycles. The summed E-state index contributed by atoms with van der Waals surface area (Å²) in [4.78, 5) is 12.3. The van der Waals surface area contributed by atoms with Gasteiger partial charge in [-0.05, 0) is 42.3 Å². The molecule has 0 aliphatic heterocycles. The lowest BCUT2D eigenvalue weighted by Crippen LogP contribution is -2.30. The molecule has 0 saturated carbocycles. The highest BCUT2D eigenvalue weighted by molar-refractivity contribution is 9.10. The molecule has 4 rings (SSSR count). The number of ether oxygens (including phenoxy) is 1. The molecule has 158 valence electrons. The number of benzene rings is 3. The molecule has 0 aliphatic carbocycles. The maximum atomic E-state index is 14.0. The third-order valence-electron chi connectivity index (χ3n) is 4.72. The van der Waals surface area contributed by atoms with Gasteiger partial charge in [0.2, 0.25) is 0 Å². The lowest BCUT2D eigenvalue weighted by Gasteiger charge is -2.09. The van der Waals surface area contributed by atoms with Gasteiger partial charge in [-0.2, -0.15) is 5.10 Å². The third kappa shape index (κ3) is 5.40. The van der Waals surface area contributed by atoms with Crippen molar-refractivity contribution in [1.82, 2.24) is 15.5 Å². The lowest BCUT2D eigenvalue weighted by atomic mass is 10.1. The molecule has 0 radical (unpaired) electrons. The molecule has 0 atom stereocenters. The van der Waals surface area contributed by atoms with Gasteiger partial charge in [0.25, 0.3) is 0 Å². The number of urea groups is 1. The van der Waals surface area contributed by atoms with Gasteiger partial charge >= 0.3 is 6.03 Å². The van der Waals surface area contributed by atoms with Crippen LogP contribution in [-0.2, 0) is 13.0 Å². The van der Waals surface area contributed by atoms with Crippen LogP contribution in [0.5, 0.6) is 5.75 Å². The first-order valence-corrected chi connectivity index (χ1v) is 10.5. The maximum absolute atomic E-state index is 14.0. The van der Waals surface area contributed by atoms with Crippen molar-refractivity contribution in [2.45, 2.75) is 13.0 Å². The summed E-state index contributed by atoms with van der Waals surface area (Å²) in [6.45, 7) is 0.594. The average Bonchev–Trinajstić information content (AvgIpc) is 3.16. The minimum Gasteiger partial charge on any atom is -0.489 e. The van der Waals surface area contributed by atoms with Gasteiger partial charge in [-0.3, -0.25) is 10.4 Å². The summed E-state index contributed by atoms with van der Waals surface area (Å²) >= 11 is 3.24. The molecule has 0 spiro atoms. The Kier molecular flexibility index (Phi) is 6.47. The molecule has 6 nitrogen and oxygen atoms in total. The van der Waals surface area contributed by atoms with Crippen molar-refractivity contribution in [3.8, 4) is 5.75 Å². The predicted molar refractivity (Wildman–Crippen MR) is 122 cm³/mol. The molecule has 0 saturated heterocycles. The molecule has 4 aromatic rings. The molecule has 31 heavy (non-hydrogen) atoms. The zero-order valence-electron chi connectivity index (χ0n) is 16.5. The second kappa shape index (κ2) is 9.61. The van der Waals surface area contributed by atoms with Gasteiger partial charge in [-0.25, -0.2) is 9.18 Å². The normalized spacial score (nSPS) is 10.8. The van der Waals surface area contributed by atoms with E-state index < -0.39 is 0 Å². The number of anilines is 1. The van der Waals surface area contributed by atoms with Crippen LogP contribution in [-0.4, -0.2) is 22.8 Å². The number of halogens is 2. The minimum absolute atomic E-state index is 0.0885. The molecule has 3 aromatic carbocycles. The van der Waals surface area contributed by atoms with Gasteiger partial charge in [0.05, 0.1) is 5.52 Å². The highest BCUT2D eigenvalue weighted by Crippen LogP contribution is 2.26. The Morgan fingerprint density at radius 3 is 2.74 bits per heavy atom. The molecule has 0 aliphatic rings. The first-order valence-electron chi connectivity index (χ1n) is 9.72. The van der Waals surface area contributed by atoms with Gasteiger partial charge in [0, 0.05) is 22.0 Å². The van der Waals surface area contributed by atoms with Crippen LogP contribution < -0.4 is 15.4 Å². The lowest BCUT2D eigenvalue weighted by molar-refractivity contribution is 0.252. The van der Waals surface area contributed by atoms with E-state index in [4.69, 9.17) is 4.74 Å². The Bertz CT molecular complexity index is 1200. The summed E-state index contributed by atoms with van der Waals surface area (Å²) in [7, 11) is 0. The molecule has 0 unspecified atom stereocenters. The van der Waals surface area contributed by atoms with Gasteiger partial charge in [0.15, 0.2) is 5.82 Å². The highest BCUT2D eigenvalue weighted by atomic mass is 79.9. The summed E-state index contributed by atoms with van der Waals surface area (Å²) < 4.78 is 20.4. The summed E-state index contributed by atoms with van der Waals surface area (Å²) in [5.74, 6) is 0.601. The smallest absolute Gasteiger partial charge is 0.320 e. The van der Waals surface area contributed by atoms with Crippen molar-refractivity contribution in [1.29, 1.82) is 0 Å². The standard InChI is InChI=1S/C23H20BrFN4O2/c24-17-7-6-16(20(25)12-17)14-31-18-8-9-21-19(13-18)22(29-28-21)27-23(30)26-11-10-15-4-2-1-3-5-15/h1-9,12-13H,10-11,14H2,(H3,26,27,28,29,30). The fraction of sp³-hybridized carbons (Fsp3) is 0.130. The summed E-state index contributed by atoms with van der Waals surface area (Å²) in [6.07, 6.45) is 0.736. The number of hydrogen-bond donors (Lipinski definition) is 3. The zero-order chi connectivity index (χ0) is 21.6. The van der Waals surface area contributed by atoms with Crippen molar-refractivity contribution in [3.63, 3.8) is 0 Å². The van der Waals surface area contributed by atoms with Crippen molar-refractivity contribution in [2.75, 3.05) is 11.9 Å². The minimum atomic E-state index is -0.340. The Morgan fingerprint density at radius 1 is 1.10 bits per heavy atom. The van der Waals surface area contributed by atoms with Crippen LogP contribution in [0.1, 0.15) is 11.1 Å². The molecule has 8 heteroatoms. The largest absolute Gasteiger partial charge is 0.489 e. The number of nitrogens with one attached hydrogen (secondary N) is 3. The second-order valence-corrected chi connectivity index (χ2v) is 7.84. The van der Waals surface area contributed by atoms with Crippen LogP contribution in [0.4, 0.5) is 15.0 Å². The van der Waals surface area contributed by atoms with Crippen LogP contribution >= 0.6 is 15.9 Å². The molecule has 0 bridgehead atoms. The monoisotopic (exact) mass is 482 g/mol. The fourth-order valence-corrected chi connectivity index (χ4v) is 3.43. The van der Waals surface area contributed by atoms with E-state index in [9.17, 15) is 9.18 Å². The van der Waals surface area contributed by atoms with E-state index in [0.717, 1.165) is 17.5 Å². The van der Waals surface area contributed by atoms with E-state index in [2.05, 4.69) is 36.8 Å². The molecule has 3 N–H and O–H groups in total. The van der Waals surface area contributed by atoms with Crippen molar-refractivity contribution >= 4 is 38.7 Å². The third-order valence-corrected chi connectivity index (χ3v) is 5.21. The quantitative estimate of drug-likeness (QED) is 0.329. The number of aromatic amines is 1. The summed E-state index contributed by atoms with van der Waals surface area (Å²) in [6, 6.07) is 19.7. The number of carbonyl (C=O) groups excluding carboxylic acids is 1. The van der Waals surface area contributed by atoms with Crippen molar-refractivity contribution in [3.05, 3.63) is 88.1 Å². The van der Waals surface area contributed by atoms with E-state index >= 15 is 0 Å². The number of carbonyl (C=O) groups is 1. The first kappa shape index (κ1) is 20.9. The van der Waals surface area contributed by atoms with Crippen LogP contribution in [0.3, 0.4) is 0 Å². The molecular weight excluding hydrogens is 463 g/mol. The Hall–Kier alpha value is -3.39. The number of H-pyrrole nitrogens is 1. The highest BCUT2D eigenvalue weighted by Gasteiger charge is 2.11. The summed E-state index contributed by atoms with van der Waals surface area (Å²) in [5, 5.41) is 13.3. The van der Waals surface area contributed by atoms with Crippen LogP contribution in [0.25, 0.3) is 10.9 Å². The molecule has 1 aromatic heterocycles. The van der Waals surface area contributed by atoms with Crippen molar-refractivity contribution < 1.29 is 13.9 Å². The fourth-order valence-electron chi connectivity index (χ4n) is 3.09. The topological polar surface area (TPSA) is 79.0 Å². The van der Waals surface area contributed by atoms with E-state index in [0.29, 0.717) is 33.5 Å².